The molecule has 2 aromatic rings. The third-order valence-corrected chi connectivity index (χ3v) is 11.8. The van der Waals surface area contributed by atoms with Gasteiger partial charge < -0.3 is 25.4 Å². The number of nitrogens with one attached hydrogen (secondary N) is 2. The molecule has 8 nitrogen and oxygen atoms in total. The summed E-state index contributed by atoms with van der Waals surface area (Å²) in [5.41, 5.74) is 3.32. The number of benzene rings is 2. The first-order valence-electron chi connectivity index (χ1n) is 14.4. The SMILES string of the molecule is CCOc1ccc(NC(=O)[C@H]2[C@@H]3SC4(CC3Br)C(C(=O)Nc3c(C)cccc3C)N(CCCCCO)C(=O)[C@H]24)cc1. The highest BCUT2D eigenvalue weighted by atomic mass is 79.9. The number of thioether (sulfide) groups is 1. The lowest BCUT2D eigenvalue weighted by atomic mass is 9.70. The Kier molecular flexibility index (Phi) is 9.01. The summed E-state index contributed by atoms with van der Waals surface area (Å²) in [6.45, 7) is 6.89. The van der Waals surface area contributed by atoms with E-state index in [0.29, 0.717) is 38.1 Å². The monoisotopic (exact) mass is 643 g/mol. The molecule has 6 atom stereocenters. The number of unbranched alkanes of at least 4 members (excludes halogenated alkanes) is 2. The Morgan fingerprint density at radius 3 is 2.44 bits per heavy atom. The van der Waals surface area contributed by atoms with Gasteiger partial charge in [0.05, 0.1) is 23.2 Å². The maximum absolute atomic E-state index is 14.2. The number of para-hydroxylation sites is 1. The Bertz CT molecular complexity index is 1290. The molecule has 3 amide bonds. The van der Waals surface area contributed by atoms with Gasteiger partial charge in [-0.05, 0) is 81.8 Å². The van der Waals surface area contributed by atoms with Crippen molar-refractivity contribution >= 4 is 56.8 Å². The normalized spacial score (nSPS) is 28.1. The van der Waals surface area contributed by atoms with Crippen molar-refractivity contribution in [3.63, 3.8) is 0 Å². The molecule has 3 fully saturated rings. The number of carbonyl (C=O) groups excluding carboxylic acids is 3. The summed E-state index contributed by atoms with van der Waals surface area (Å²) in [6, 6.07) is 12.4. The number of amides is 3. The predicted molar refractivity (Wildman–Crippen MR) is 166 cm³/mol. The number of halogens is 1. The lowest BCUT2D eigenvalue weighted by Gasteiger charge is -2.35. The first kappa shape index (κ1) is 29.9. The van der Waals surface area contributed by atoms with Gasteiger partial charge in [-0.15, -0.1) is 11.8 Å². The zero-order valence-corrected chi connectivity index (χ0v) is 26.1. The second-order valence-electron chi connectivity index (χ2n) is 11.2. The van der Waals surface area contributed by atoms with E-state index in [2.05, 4.69) is 26.6 Å². The van der Waals surface area contributed by atoms with E-state index in [4.69, 9.17) is 4.74 Å². The molecule has 5 rings (SSSR count). The van der Waals surface area contributed by atoms with Crippen LogP contribution in [-0.4, -0.2) is 68.4 Å². The van der Waals surface area contributed by atoms with Gasteiger partial charge in [-0.1, -0.05) is 34.1 Å². The third kappa shape index (κ3) is 5.50. The fourth-order valence-corrected chi connectivity index (χ4v) is 10.4. The van der Waals surface area contributed by atoms with Gasteiger partial charge in [-0.25, -0.2) is 0 Å². The van der Waals surface area contributed by atoms with Crippen LogP contribution in [0.2, 0.25) is 0 Å². The number of anilines is 2. The van der Waals surface area contributed by atoms with Crippen LogP contribution in [0, 0.1) is 25.7 Å². The van der Waals surface area contributed by atoms with Crippen LogP contribution in [0.1, 0.15) is 43.7 Å². The van der Waals surface area contributed by atoms with Crippen molar-refractivity contribution in [1.82, 2.24) is 4.90 Å². The van der Waals surface area contributed by atoms with Gasteiger partial charge in [0.2, 0.25) is 17.7 Å². The molecule has 220 valence electrons. The predicted octanol–water partition coefficient (Wildman–Crippen LogP) is 4.91. The Morgan fingerprint density at radius 1 is 1.07 bits per heavy atom. The van der Waals surface area contributed by atoms with Crippen LogP contribution in [0.3, 0.4) is 0 Å². The number of aliphatic hydroxyl groups excluding tert-OH is 1. The maximum atomic E-state index is 14.2. The zero-order valence-electron chi connectivity index (χ0n) is 23.7. The van der Waals surface area contributed by atoms with Crippen LogP contribution >= 0.6 is 27.7 Å². The van der Waals surface area contributed by atoms with E-state index in [9.17, 15) is 19.5 Å². The van der Waals surface area contributed by atoms with E-state index < -0.39 is 22.6 Å². The largest absolute Gasteiger partial charge is 0.494 e. The minimum absolute atomic E-state index is 0.00235. The van der Waals surface area contributed by atoms with Crippen LogP contribution in [0.4, 0.5) is 11.4 Å². The average Bonchev–Trinajstić information content (AvgIpc) is 3.53. The van der Waals surface area contributed by atoms with E-state index in [1.54, 1.807) is 28.8 Å². The van der Waals surface area contributed by atoms with Crippen LogP contribution in [-0.2, 0) is 14.4 Å². The van der Waals surface area contributed by atoms with E-state index in [-0.39, 0.29) is 34.4 Å². The molecule has 41 heavy (non-hydrogen) atoms. The number of fused-ring (bicyclic) bond motifs is 1. The Balaban J connectivity index is 1.45. The number of aliphatic hydroxyl groups is 1. The van der Waals surface area contributed by atoms with Gasteiger partial charge in [0.25, 0.3) is 0 Å². The van der Waals surface area contributed by atoms with Crippen LogP contribution in [0.25, 0.3) is 0 Å². The Labute approximate surface area is 254 Å². The fourth-order valence-electron chi connectivity index (χ4n) is 6.77. The average molecular weight is 645 g/mol. The molecule has 10 heteroatoms. The fraction of sp³-hybridized carbons (Fsp3) is 0.516. The maximum Gasteiger partial charge on any atom is 0.248 e. The smallest absolute Gasteiger partial charge is 0.248 e. The highest BCUT2D eigenvalue weighted by molar-refractivity contribution is 9.09. The number of alkyl halides is 1. The molecule has 0 aromatic heterocycles. The molecule has 3 N–H and O–H groups in total. The van der Waals surface area contributed by atoms with Gasteiger partial charge in [0, 0.05) is 34.6 Å². The van der Waals surface area contributed by atoms with Crippen molar-refractivity contribution in [2.75, 3.05) is 30.4 Å². The van der Waals surface area contributed by atoms with Crippen molar-refractivity contribution in [3.05, 3.63) is 53.6 Å². The van der Waals surface area contributed by atoms with Crippen LogP contribution in [0.15, 0.2) is 42.5 Å². The molecule has 0 saturated carbocycles. The lowest BCUT2D eigenvalue weighted by molar-refractivity contribution is -0.138. The standard InChI is InChI=1S/C31H38BrN3O5S/c1-4-40-21-13-11-20(12-14-21)33-28(37)23-24-30(39)35(15-6-5-7-16-36)27(31(24)17-22(32)26(23)41-31)29(38)34-25-18(2)9-8-10-19(25)3/h8-14,22-24,26-27,36H,4-7,15-17H2,1-3H3,(H,33,37)(H,34,38)/t22?,23-,24+,26-,27?,31?/m1/s1. The van der Waals surface area contributed by atoms with E-state index >= 15 is 0 Å². The first-order valence-corrected chi connectivity index (χ1v) is 16.2. The number of hydrogen-bond acceptors (Lipinski definition) is 6. The Hall–Kier alpha value is -2.56. The summed E-state index contributed by atoms with van der Waals surface area (Å²) in [5, 5.41) is 15.3. The molecule has 0 aliphatic carbocycles. The number of aryl methyl sites for hydroxylation is 2. The van der Waals surface area contributed by atoms with Gasteiger partial charge in [0.15, 0.2) is 0 Å². The molecular weight excluding hydrogens is 606 g/mol. The molecule has 3 aliphatic rings. The highest BCUT2D eigenvalue weighted by Crippen LogP contribution is 2.67. The summed E-state index contributed by atoms with van der Waals surface area (Å²) >= 11 is 5.45. The van der Waals surface area contributed by atoms with Gasteiger partial charge >= 0.3 is 0 Å². The molecule has 2 bridgehead atoms. The summed E-state index contributed by atoms with van der Waals surface area (Å²) in [7, 11) is 0. The molecular formula is C31H38BrN3O5S. The molecule has 2 aromatic carbocycles. The van der Waals surface area contributed by atoms with Gasteiger partial charge in [-0.3, -0.25) is 14.4 Å². The number of likely N-dealkylation sites (tertiary alicyclic amines) is 1. The third-order valence-electron chi connectivity index (χ3n) is 8.56. The van der Waals surface area contributed by atoms with E-state index in [1.807, 2.05) is 51.1 Å². The van der Waals surface area contributed by atoms with Crippen molar-refractivity contribution in [1.29, 1.82) is 0 Å². The molecule has 0 radical (unpaired) electrons. The number of hydrogen-bond donors (Lipinski definition) is 3. The van der Waals surface area contributed by atoms with Crippen molar-refractivity contribution < 1.29 is 24.2 Å². The zero-order chi connectivity index (χ0) is 29.3. The van der Waals surface area contributed by atoms with Gasteiger partial charge in [0.1, 0.15) is 11.8 Å². The summed E-state index contributed by atoms with van der Waals surface area (Å²) in [4.78, 5) is 43.9. The summed E-state index contributed by atoms with van der Waals surface area (Å²) in [5.74, 6) is -0.985. The number of carbonyl (C=O) groups is 3. The van der Waals surface area contributed by atoms with Gasteiger partial charge in [-0.2, -0.15) is 0 Å². The van der Waals surface area contributed by atoms with Crippen molar-refractivity contribution in [3.8, 4) is 5.75 Å². The molecule has 3 unspecified atom stereocenters. The van der Waals surface area contributed by atoms with Crippen molar-refractivity contribution in [2.24, 2.45) is 11.8 Å². The minimum atomic E-state index is -0.714. The topological polar surface area (TPSA) is 108 Å². The van der Waals surface area contributed by atoms with E-state index in [0.717, 1.165) is 29.0 Å². The number of rotatable bonds is 11. The van der Waals surface area contributed by atoms with Crippen LogP contribution in [0.5, 0.6) is 5.75 Å². The molecule has 3 heterocycles. The highest BCUT2D eigenvalue weighted by Gasteiger charge is 2.75. The second kappa shape index (κ2) is 12.4. The number of nitrogens with zero attached hydrogens (tertiary/aromatic N) is 1. The summed E-state index contributed by atoms with van der Waals surface area (Å²) < 4.78 is 4.80. The van der Waals surface area contributed by atoms with Crippen molar-refractivity contribution in [2.45, 2.75) is 67.3 Å². The van der Waals surface area contributed by atoms with Crippen LogP contribution < -0.4 is 15.4 Å². The molecule has 1 spiro atoms. The lowest BCUT2D eigenvalue weighted by Crippen LogP contribution is -2.53. The second-order valence-corrected chi connectivity index (χ2v) is 13.9. The van der Waals surface area contributed by atoms with E-state index in [1.165, 1.54) is 0 Å². The Morgan fingerprint density at radius 2 is 1.78 bits per heavy atom. The minimum Gasteiger partial charge on any atom is -0.494 e. The molecule has 3 saturated heterocycles. The first-order chi connectivity index (χ1) is 19.7. The quantitative estimate of drug-likeness (QED) is 0.237. The number of ether oxygens (including phenoxy) is 1. The molecule has 3 aliphatic heterocycles. The summed E-state index contributed by atoms with van der Waals surface area (Å²) in [6.07, 6.45) is 2.70.